The van der Waals surface area contributed by atoms with Crippen molar-refractivity contribution in [3.05, 3.63) is 22.5 Å². The van der Waals surface area contributed by atoms with Gasteiger partial charge in [0.2, 0.25) is 5.95 Å². The molecule has 1 saturated heterocycles. The maximum atomic E-state index is 12.9. The molecule has 0 saturated carbocycles. The highest BCUT2D eigenvalue weighted by Gasteiger charge is 2.40. The molecule has 3 heterocycles. The van der Waals surface area contributed by atoms with E-state index < -0.39 is 40.4 Å². The van der Waals surface area contributed by atoms with Crippen molar-refractivity contribution >= 4 is 39.1 Å². The second-order valence-electron chi connectivity index (χ2n) is 7.57. The van der Waals surface area contributed by atoms with Gasteiger partial charge in [-0.05, 0) is 12.3 Å². The topological polar surface area (TPSA) is 130 Å². The Balaban J connectivity index is 1.92. The molecule has 10 nitrogen and oxygen atoms in total. The minimum atomic E-state index is -4.81. The number of aromatic nitrogens is 3. The lowest BCUT2D eigenvalue weighted by molar-refractivity contribution is -0.148. The summed E-state index contributed by atoms with van der Waals surface area (Å²) in [6, 6.07) is 1.44. The van der Waals surface area contributed by atoms with Gasteiger partial charge in [0, 0.05) is 13.5 Å². The molecule has 1 aliphatic heterocycles. The second-order valence-corrected chi connectivity index (χ2v) is 9.85. The number of nitrogens with zero attached hydrogens (tertiary/aromatic N) is 5. The summed E-state index contributed by atoms with van der Waals surface area (Å²) in [5.74, 6) is -4.22. The van der Waals surface area contributed by atoms with Gasteiger partial charge in [-0.2, -0.15) is 18.3 Å². The van der Waals surface area contributed by atoms with Crippen molar-refractivity contribution in [1.29, 1.82) is 5.26 Å². The summed E-state index contributed by atoms with van der Waals surface area (Å²) in [5.41, 5.74) is 1.32. The van der Waals surface area contributed by atoms with Crippen molar-refractivity contribution in [2.75, 3.05) is 18.4 Å². The molecule has 0 amide bonds. The van der Waals surface area contributed by atoms with Crippen LogP contribution in [0.1, 0.15) is 44.4 Å². The van der Waals surface area contributed by atoms with Crippen LogP contribution in [-0.2, 0) is 19.6 Å². The number of nitrogens with one attached hydrogen (secondary N) is 1. The summed E-state index contributed by atoms with van der Waals surface area (Å²) < 4.78 is 56.9. The fourth-order valence-electron chi connectivity index (χ4n) is 3.63. The molecule has 0 unspecified atom stereocenters. The average Bonchev–Trinajstić information content (AvgIpc) is 3.00. The first kappa shape index (κ1) is 24.1. The lowest BCUT2D eigenvalue weighted by Crippen LogP contribution is -2.54. The van der Waals surface area contributed by atoms with Crippen LogP contribution in [0.5, 0.6) is 0 Å². The Bertz CT molecular complexity index is 1180. The van der Waals surface area contributed by atoms with Crippen LogP contribution in [0, 0.1) is 11.3 Å². The first-order valence-corrected chi connectivity index (χ1v) is 11.5. The zero-order valence-electron chi connectivity index (χ0n) is 17.4. The summed E-state index contributed by atoms with van der Waals surface area (Å²) in [5, 5.41) is 17.1. The van der Waals surface area contributed by atoms with Gasteiger partial charge in [0.05, 0.1) is 35.1 Å². The normalized spacial score (nSPS) is 20.0. The summed E-state index contributed by atoms with van der Waals surface area (Å²) >= 11 is 6.29. The number of hydrogen-bond donors (Lipinski definition) is 1. The number of sulfonamides is 1. The summed E-state index contributed by atoms with van der Waals surface area (Å²) in [6.45, 7) is 4.27. The molecule has 0 radical (unpaired) electrons. The SMILES string of the molecule is CC(=O)O[C@@H]1CN(S(=O)(=O)C(F)F)CC[C@H]1Nc1ncc2c(Cl)c(C#N)c(C(C)C)n2n1. The molecular weight excluding hydrogens is 470 g/mol. The Morgan fingerprint density at radius 1 is 1.44 bits per heavy atom. The summed E-state index contributed by atoms with van der Waals surface area (Å²) in [7, 11) is -4.81. The maximum Gasteiger partial charge on any atom is 0.350 e. The largest absolute Gasteiger partial charge is 0.459 e. The van der Waals surface area contributed by atoms with Crippen molar-refractivity contribution in [2.24, 2.45) is 0 Å². The van der Waals surface area contributed by atoms with Crippen LogP contribution in [0.25, 0.3) is 5.52 Å². The van der Waals surface area contributed by atoms with Gasteiger partial charge in [0.15, 0.2) is 0 Å². The van der Waals surface area contributed by atoms with Crippen molar-refractivity contribution in [3.8, 4) is 6.07 Å². The number of carbonyl (C=O) groups excluding carboxylic acids is 1. The first-order valence-electron chi connectivity index (χ1n) is 9.65. The van der Waals surface area contributed by atoms with Crippen LogP contribution < -0.4 is 5.32 Å². The van der Waals surface area contributed by atoms with Crippen LogP contribution in [0.3, 0.4) is 0 Å². The smallest absolute Gasteiger partial charge is 0.350 e. The van der Waals surface area contributed by atoms with Gasteiger partial charge in [-0.25, -0.2) is 17.9 Å². The molecule has 174 valence electrons. The fourth-order valence-corrected chi connectivity index (χ4v) is 4.84. The lowest BCUT2D eigenvalue weighted by atomic mass is 10.0. The van der Waals surface area contributed by atoms with E-state index in [1.165, 1.54) is 10.7 Å². The Hall–Kier alpha value is -2.56. The number of anilines is 1. The van der Waals surface area contributed by atoms with E-state index in [0.717, 1.165) is 6.92 Å². The Morgan fingerprint density at radius 3 is 2.69 bits per heavy atom. The quantitative estimate of drug-likeness (QED) is 0.611. The van der Waals surface area contributed by atoms with Crippen LogP contribution in [0.15, 0.2) is 6.20 Å². The summed E-state index contributed by atoms with van der Waals surface area (Å²) in [6.07, 6.45) is 0.460. The van der Waals surface area contributed by atoms with Crippen molar-refractivity contribution in [1.82, 2.24) is 18.9 Å². The van der Waals surface area contributed by atoms with Crippen LogP contribution in [0.4, 0.5) is 14.7 Å². The zero-order valence-corrected chi connectivity index (χ0v) is 19.0. The highest BCUT2D eigenvalue weighted by Crippen LogP contribution is 2.32. The van der Waals surface area contributed by atoms with Crippen molar-refractivity contribution in [3.63, 3.8) is 0 Å². The second kappa shape index (κ2) is 9.13. The molecule has 2 aromatic heterocycles. The van der Waals surface area contributed by atoms with E-state index in [-0.39, 0.29) is 35.4 Å². The number of nitriles is 1. The van der Waals surface area contributed by atoms with E-state index >= 15 is 0 Å². The number of carbonyl (C=O) groups is 1. The number of halogens is 3. The zero-order chi connectivity index (χ0) is 23.8. The Labute approximate surface area is 188 Å². The number of rotatable bonds is 6. The third-order valence-corrected chi connectivity index (χ3v) is 6.94. The van der Waals surface area contributed by atoms with E-state index in [4.69, 9.17) is 16.3 Å². The first-order chi connectivity index (χ1) is 15.0. The van der Waals surface area contributed by atoms with E-state index in [2.05, 4.69) is 21.5 Å². The van der Waals surface area contributed by atoms with E-state index in [9.17, 15) is 27.3 Å². The monoisotopic (exact) mass is 490 g/mol. The van der Waals surface area contributed by atoms with Gasteiger partial charge in [-0.15, -0.1) is 5.10 Å². The summed E-state index contributed by atoms with van der Waals surface area (Å²) in [4.78, 5) is 15.7. The van der Waals surface area contributed by atoms with Gasteiger partial charge in [0.25, 0.3) is 10.0 Å². The van der Waals surface area contributed by atoms with Crippen LogP contribution in [-0.4, -0.2) is 64.3 Å². The van der Waals surface area contributed by atoms with Crippen molar-refractivity contribution in [2.45, 2.75) is 51.0 Å². The molecule has 1 aliphatic rings. The predicted molar refractivity (Wildman–Crippen MR) is 111 cm³/mol. The van der Waals surface area contributed by atoms with Gasteiger partial charge in [-0.3, -0.25) is 4.79 Å². The molecule has 0 spiro atoms. The third kappa shape index (κ3) is 4.48. The lowest BCUT2D eigenvalue weighted by Gasteiger charge is -2.37. The van der Waals surface area contributed by atoms with Crippen LogP contribution >= 0.6 is 11.6 Å². The van der Waals surface area contributed by atoms with E-state index in [1.54, 1.807) is 0 Å². The Morgan fingerprint density at radius 2 is 2.12 bits per heavy atom. The number of ether oxygens (including phenoxy) is 1. The molecule has 3 rings (SSSR count). The van der Waals surface area contributed by atoms with Crippen molar-refractivity contribution < 1.29 is 26.7 Å². The highest BCUT2D eigenvalue weighted by atomic mass is 35.5. The molecule has 32 heavy (non-hydrogen) atoms. The molecule has 0 aliphatic carbocycles. The standard InChI is InChI=1S/C18H21ClF2N6O4S/c1-9(2)16-11(6-22)15(19)13-7-23-18(25-27(13)16)24-12-4-5-26(32(29,30)17(20)21)8-14(12)31-10(3)28/h7,9,12,14,17H,4-5,8H2,1-3H3,(H,24,25)/t12-,14-/m1/s1. The molecular formula is C18H21ClF2N6O4S. The maximum absolute atomic E-state index is 12.9. The fraction of sp³-hybridized carbons (Fsp3) is 0.556. The van der Waals surface area contributed by atoms with Gasteiger partial charge >= 0.3 is 11.7 Å². The van der Waals surface area contributed by atoms with Gasteiger partial charge in [-0.1, -0.05) is 25.4 Å². The third-order valence-electron chi connectivity index (χ3n) is 5.06. The number of piperidine rings is 1. The molecule has 2 aromatic rings. The van der Waals surface area contributed by atoms with Crippen LogP contribution in [0.2, 0.25) is 5.02 Å². The molecule has 1 N–H and O–H groups in total. The van der Waals surface area contributed by atoms with Gasteiger partial charge in [0.1, 0.15) is 17.7 Å². The molecule has 1 fully saturated rings. The number of hydrogen-bond acceptors (Lipinski definition) is 8. The minimum Gasteiger partial charge on any atom is -0.459 e. The van der Waals surface area contributed by atoms with Gasteiger partial charge < -0.3 is 10.1 Å². The number of fused-ring (bicyclic) bond motifs is 1. The van der Waals surface area contributed by atoms with E-state index in [1.807, 2.05) is 13.8 Å². The minimum absolute atomic E-state index is 0.0677. The number of esters is 1. The molecule has 0 bridgehead atoms. The Kier molecular flexibility index (Phi) is 6.87. The molecule has 0 aromatic carbocycles. The molecule has 2 atom stereocenters. The highest BCUT2D eigenvalue weighted by molar-refractivity contribution is 7.89. The molecule has 14 heteroatoms. The number of alkyl halides is 2. The van der Waals surface area contributed by atoms with E-state index in [0.29, 0.717) is 15.5 Å². The average molecular weight is 491 g/mol. The predicted octanol–water partition coefficient (Wildman–Crippen LogP) is 2.35.